The maximum atomic E-state index is 13.4. The first-order chi connectivity index (χ1) is 8.02. The lowest BCUT2D eigenvalue weighted by molar-refractivity contribution is 0.0689. The molecule has 0 aliphatic heterocycles. The highest BCUT2D eigenvalue weighted by molar-refractivity contribution is 5.86. The van der Waals surface area contributed by atoms with Crippen molar-refractivity contribution in [3.63, 3.8) is 0 Å². The van der Waals surface area contributed by atoms with Crippen molar-refractivity contribution in [3.8, 4) is 5.69 Å². The minimum absolute atomic E-state index is 0.131. The van der Waals surface area contributed by atoms with Crippen LogP contribution in [0.3, 0.4) is 0 Å². The van der Waals surface area contributed by atoms with Gasteiger partial charge in [0.1, 0.15) is 5.82 Å². The van der Waals surface area contributed by atoms with E-state index in [0.717, 1.165) is 0 Å². The fraction of sp³-hybridized carbons (Fsp3) is 0.182. The van der Waals surface area contributed by atoms with Gasteiger partial charge in [-0.05, 0) is 26.0 Å². The number of carboxylic acid groups (broad SMARTS) is 1. The molecule has 0 amide bonds. The average Bonchev–Trinajstić information content (AvgIpc) is 2.64. The number of hydrogen-bond donors (Lipinski definition) is 1. The maximum Gasteiger partial charge on any atom is 0.358 e. The number of halogens is 1. The molecular weight excluding hydrogens is 225 g/mol. The van der Waals surface area contributed by atoms with Crippen molar-refractivity contribution >= 4 is 5.97 Å². The maximum absolute atomic E-state index is 13.4. The molecule has 0 aliphatic rings. The molecule has 0 atom stereocenters. The van der Waals surface area contributed by atoms with Crippen molar-refractivity contribution < 1.29 is 14.3 Å². The number of hydrogen-bond acceptors (Lipinski definition) is 3. The van der Waals surface area contributed by atoms with Crippen molar-refractivity contribution in [2.45, 2.75) is 13.8 Å². The van der Waals surface area contributed by atoms with Crippen LogP contribution in [0.5, 0.6) is 0 Å². The molecule has 0 unspecified atom stereocenters. The van der Waals surface area contributed by atoms with Crippen LogP contribution in [-0.4, -0.2) is 26.1 Å². The second kappa shape index (κ2) is 3.97. The zero-order valence-electron chi connectivity index (χ0n) is 9.31. The molecule has 0 aliphatic carbocycles. The normalized spacial score (nSPS) is 10.5. The van der Waals surface area contributed by atoms with Crippen molar-refractivity contribution in [3.05, 3.63) is 41.0 Å². The molecule has 2 aromatic rings. The highest BCUT2D eigenvalue weighted by Crippen LogP contribution is 2.18. The summed E-state index contributed by atoms with van der Waals surface area (Å²) in [7, 11) is 0. The van der Waals surface area contributed by atoms with Gasteiger partial charge in [-0.15, -0.1) is 5.10 Å². The fourth-order valence-corrected chi connectivity index (χ4v) is 1.58. The highest BCUT2D eigenvalue weighted by Gasteiger charge is 2.17. The highest BCUT2D eigenvalue weighted by atomic mass is 19.1. The Kier molecular flexibility index (Phi) is 2.63. The number of aromatic nitrogens is 3. The second-order valence-electron chi connectivity index (χ2n) is 3.62. The minimum Gasteiger partial charge on any atom is -0.476 e. The Morgan fingerprint density at radius 3 is 2.71 bits per heavy atom. The van der Waals surface area contributed by atoms with Gasteiger partial charge in [0, 0.05) is 5.56 Å². The van der Waals surface area contributed by atoms with Gasteiger partial charge in [-0.1, -0.05) is 11.3 Å². The SMILES string of the molecule is Cc1c(F)cccc1-n1nnc(C(=O)O)c1C. The lowest BCUT2D eigenvalue weighted by Gasteiger charge is -2.07. The summed E-state index contributed by atoms with van der Waals surface area (Å²) in [6.07, 6.45) is 0. The number of carbonyl (C=O) groups is 1. The van der Waals surface area contributed by atoms with Gasteiger partial charge in [-0.3, -0.25) is 0 Å². The molecule has 0 radical (unpaired) electrons. The molecule has 2 rings (SSSR count). The number of rotatable bonds is 2. The van der Waals surface area contributed by atoms with Crippen LogP contribution in [0, 0.1) is 19.7 Å². The van der Waals surface area contributed by atoms with Crippen molar-refractivity contribution in [2.24, 2.45) is 0 Å². The van der Waals surface area contributed by atoms with E-state index in [1.54, 1.807) is 26.0 Å². The molecule has 88 valence electrons. The van der Waals surface area contributed by atoms with Crippen LogP contribution < -0.4 is 0 Å². The minimum atomic E-state index is -1.15. The van der Waals surface area contributed by atoms with Gasteiger partial charge in [-0.25, -0.2) is 13.9 Å². The Balaban J connectivity index is 2.62. The quantitative estimate of drug-likeness (QED) is 0.860. The smallest absolute Gasteiger partial charge is 0.358 e. The van der Waals surface area contributed by atoms with E-state index < -0.39 is 5.97 Å². The zero-order valence-corrected chi connectivity index (χ0v) is 9.31. The van der Waals surface area contributed by atoms with Gasteiger partial charge in [0.2, 0.25) is 0 Å². The van der Waals surface area contributed by atoms with Crippen LogP contribution in [0.25, 0.3) is 5.69 Å². The van der Waals surface area contributed by atoms with Crippen LogP contribution in [0.15, 0.2) is 18.2 Å². The molecule has 1 aromatic heterocycles. The molecule has 0 fully saturated rings. The van der Waals surface area contributed by atoms with Gasteiger partial charge in [-0.2, -0.15) is 0 Å². The summed E-state index contributed by atoms with van der Waals surface area (Å²) in [6.45, 7) is 3.18. The van der Waals surface area contributed by atoms with Gasteiger partial charge in [0.25, 0.3) is 0 Å². The predicted molar refractivity (Wildman–Crippen MR) is 57.8 cm³/mol. The van der Waals surface area contributed by atoms with E-state index in [0.29, 0.717) is 16.9 Å². The van der Waals surface area contributed by atoms with Crippen molar-refractivity contribution in [1.29, 1.82) is 0 Å². The zero-order chi connectivity index (χ0) is 12.6. The molecule has 0 spiro atoms. The molecule has 6 heteroatoms. The summed E-state index contributed by atoms with van der Waals surface area (Å²) < 4.78 is 14.7. The molecule has 17 heavy (non-hydrogen) atoms. The number of nitrogens with zero attached hydrogens (tertiary/aromatic N) is 3. The van der Waals surface area contributed by atoms with Gasteiger partial charge in [0.15, 0.2) is 5.69 Å². The monoisotopic (exact) mass is 235 g/mol. The predicted octanol–water partition coefficient (Wildman–Crippen LogP) is 1.72. The van der Waals surface area contributed by atoms with E-state index in [4.69, 9.17) is 5.11 Å². The van der Waals surface area contributed by atoms with Crippen LogP contribution in [0.2, 0.25) is 0 Å². The van der Waals surface area contributed by atoms with E-state index in [-0.39, 0.29) is 11.5 Å². The Morgan fingerprint density at radius 1 is 1.41 bits per heavy atom. The Labute approximate surface area is 96.5 Å². The van der Waals surface area contributed by atoms with Crippen molar-refractivity contribution in [2.75, 3.05) is 0 Å². The number of carboxylic acids is 1. The third-order valence-electron chi connectivity index (χ3n) is 2.56. The van der Waals surface area contributed by atoms with Crippen molar-refractivity contribution in [1.82, 2.24) is 15.0 Å². The Morgan fingerprint density at radius 2 is 2.12 bits per heavy atom. The first-order valence-corrected chi connectivity index (χ1v) is 4.93. The number of aromatic carboxylic acids is 1. The molecule has 0 saturated carbocycles. The third kappa shape index (κ3) is 1.77. The van der Waals surface area contributed by atoms with Gasteiger partial charge < -0.3 is 5.11 Å². The average molecular weight is 235 g/mol. The summed E-state index contributed by atoms with van der Waals surface area (Å²) >= 11 is 0. The summed E-state index contributed by atoms with van der Waals surface area (Å²) in [4.78, 5) is 10.8. The third-order valence-corrected chi connectivity index (χ3v) is 2.56. The molecule has 1 aromatic carbocycles. The van der Waals surface area contributed by atoms with E-state index in [9.17, 15) is 9.18 Å². The number of benzene rings is 1. The van der Waals surface area contributed by atoms with Crippen LogP contribution in [-0.2, 0) is 0 Å². The molecule has 1 N–H and O–H groups in total. The van der Waals surface area contributed by atoms with E-state index in [1.165, 1.54) is 10.7 Å². The fourth-order valence-electron chi connectivity index (χ4n) is 1.58. The Hall–Kier alpha value is -2.24. The molecule has 0 bridgehead atoms. The standard InChI is InChI=1S/C11H10FN3O2/c1-6-8(12)4-3-5-9(6)15-7(2)10(11(16)17)13-14-15/h3-5H,1-2H3,(H,16,17). The summed E-state index contributed by atoms with van der Waals surface area (Å²) in [5, 5.41) is 16.1. The second-order valence-corrected chi connectivity index (χ2v) is 3.62. The lowest BCUT2D eigenvalue weighted by Crippen LogP contribution is -2.04. The molecule has 5 nitrogen and oxygen atoms in total. The van der Waals surface area contributed by atoms with E-state index in [2.05, 4.69) is 10.3 Å². The van der Waals surface area contributed by atoms with Crippen LogP contribution in [0.1, 0.15) is 21.7 Å². The molecule has 1 heterocycles. The Bertz CT molecular complexity index is 592. The first-order valence-electron chi connectivity index (χ1n) is 4.93. The lowest BCUT2D eigenvalue weighted by atomic mass is 10.2. The summed E-state index contributed by atoms with van der Waals surface area (Å²) in [5.41, 5.74) is 1.12. The van der Waals surface area contributed by atoms with Gasteiger partial charge >= 0.3 is 5.97 Å². The topological polar surface area (TPSA) is 68.0 Å². The summed E-state index contributed by atoms with van der Waals surface area (Å²) in [5.74, 6) is -1.52. The first kappa shape index (κ1) is 11.3. The van der Waals surface area contributed by atoms with E-state index in [1.807, 2.05) is 0 Å². The largest absolute Gasteiger partial charge is 0.476 e. The van der Waals surface area contributed by atoms with Gasteiger partial charge in [0.05, 0.1) is 11.4 Å². The molecule has 0 saturated heterocycles. The van der Waals surface area contributed by atoms with E-state index >= 15 is 0 Å². The van der Waals surface area contributed by atoms with Crippen LogP contribution >= 0.6 is 0 Å². The summed E-state index contributed by atoms with van der Waals surface area (Å²) in [6, 6.07) is 4.54. The van der Waals surface area contributed by atoms with Crippen LogP contribution in [0.4, 0.5) is 4.39 Å². The molecular formula is C11H10FN3O2.